The van der Waals surface area contributed by atoms with Crippen LogP contribution in [0, 0.1) is 0 Å². The van der Waals surface area contributed by atoms with Crippen LogP contribution in [-0.2, 0) is 10.2 Å². The summed E-state index contributed by atoms with van der Waals surface area (Å²) in [4.78, 5) is 10.8. The summed E-state index contributed by atoms with van der Waals surface area (Å²) in [6.07, 6.45) is 3.04. The van der Waals surface area contributed by atoms with E-state index in [9.17, 15) is 4.79 Å². The molecule has 1 aliphatic rings. The predicted molar refractivity (Wildman–Crippen MR) is 50.0 cm³/mol. The van der Waals surface area contributed by atoms with E-state index in [-0.39, 0.29) is 5.41 Å². The third-order valence-corrected chi connectivity index (χ3v) is 2.68. The Hall–Kier alpha value is -1.31. The highest BCUT2D eigenvalue weighted by atomic mass is 16.5. The first-order valence-corrected chi connectivity index (χ1v) is 4.42. The predicted octanol–water partition coefficient (Wildman–Crippen LogP) is 1.93. The maximum absolute atomic E-state index is 10.8. The summed E-state index contributed by atoms with van der Waals surface area (Å²) in [6.45, 7) is 0. The zero-order chi connectivity index (χ0) is 9.31. The largest absolute Gasteiger partial charge is 0.497 e. The molecular formula is C11H12O2. The van der Waals surface area contributed by atoms with Crippen LogP contribution in [0.3, 0.4) is 0 Å². The standard InChI is InChI=1S/C11H12O2/c1-13-10-4-2-9(3-5-10)11(8-12)6-7-11/h2-5,8H,6-7H2,1H3. The maximum atomic E-state index is 10.8. The Balaban J connectivity index is 2.28. The molecule has 2 nitrogen and oxygen atoms in total. The molecule has 2 rings (SSSR count). The molecule has 68 valence electrons. The van der Waals surface area contributed by atoms with Crippen LogP contribution in [0.25, 0.3) is 0 Å². The minimum Gasteiger partial charge on any atom is -0.497 e. The zero-order valence-electron chi connectivity index (χ0n) is 7.62. The van der Waals surface area contributed by atoms with Crippen LogP contribution in [0.15, 0.2) is 24.3 Å². The lowest BCUT2D eigenvalue weighted by Gasteiger charge is -2.07. The van der Waals surface area contributed by atoms with Crippen LogP contribution in [0.1, 0.15) is 18.4 Å². The van der Waals surface area contributed by atoms with Crippen molar-refractivity contribution in [2.45, 2.75) is 18.3 Å². The third-order valence-electron chi connectivity index (χ3n) is 2.68. The summed E-state index contributed by atoms with van der Waals surface area (Å²) < 4.78 is 5.05. The molecule has 1 fully saturated rings. The molecule has 0 N–H and O–H groups in total. The highest BCUT2D eigenvalue weighted by Gasteiger charge is 2.44. The summed E-state index contributed by atoms with van der Waals surface area (Å²) in [5.41, 5.74) is 0.954. The summed E-state index contributed by atoms with van der Waals surface area (Å²) in [7, 11) is 1.64. The van der Waals surface area contributed by atoms with Crippen molar-refractivity contribution in [1.82, 2.24) is 0 Å². The van der Waals surface area contributed by atoms with Crippen molar-refractivity contribution in [3.8, 4) is 5.75 Å². The molecule has 0 amide bonds. The topological polar surface area (TPSA) is 26.3 Å². The molecule has 0 saturated heterocycles. The average molecular weight is 176 g/mol. The van der Waals surface area contributed by atoms with Crippen molar-refractivity contribution in [2.24, 2.45) is 0 Å². The van der Waals surface area contributed by atoms with E-state index in [1.54, 1.807) is 7.11 Å². The van der Waals surface area contributed by atoms with Crippen molar-refractivity contribution in [3.05, 3.63) is 29.8 Å². The van der Waals surface area contributed by atoms with E-state index in [1.807, 2.05) is 24.3 Å². The number of methoxy groups -OCH3 is 1. The van der Waals surface area contributed by atoms with Gasteiger partial charge in [0, 0.05) is 0 Å². The molecule has 2 heteroatoms. The van der Waals surface area contributed by atoms with Crippen molar-refractivity contribution in [3.63, 3.8) is 0 Å². The van der Waals surface area contributed by atoms with Crippen molar-refractivity contribution in [1.29, 1.82) is 0 Å². The van der Waals surface area contributed by atoms with Crippen LogP contribution < -0.4 is 4.74 Å². The van der Waals surface area contributed by atoms with Crippen molar-refractivity contribution in [2.75, 3.05) is 7.11 Å². The van der Waals surface area contributed by atoms with Gasteiger partial charge in [0.2, 0.25) is 0 Å². The zero-order valence-corrected chi connectivity index (χ0v) is 7.62. The highest BCUT2D eigenvalue weighted by Crippen LogP contribution is 2.46. The first-order chi connectivity index (χ1) is 6.30. The van der Waals surface area contributed by atoms with Gasteiger partial charge in [-0.2, -0.15) is 0 Å². The molecule has 0 radical (unpaired) electrons. The first kappa shape index (κ1) is 8.30. The van der Waals surface area contributed by atoms with Crippen molar-refractivity contribution >= 4 is 6.29 Å². The number of hydrogen-bond acceptors (Lipinski definition) is 2. The molecule has 0 bridgehead atoms. The molecule has 0 aliphatic heterocycles. The van der Waals surface area contributed by atoms with E-state index in [4.69, 9.17) is 4.74 Å². The van der Waals surface area contributed by atoms with Gasteiger partial charge in [-0.25, -0.2) is 0 Å². The number of carbonyl (C=O) groups excluding carboxylic acids is 1. The Morgan fingerprint density at radius 1 is 1.31 bits per heavy atom. The molecule has 0 spiro atoms. The number of benzene rings is 1. The SMILES string of the molecule is COc1ccc(C2(C=O)CC2)cc1. The van der Waals surface area contributed by atoms with Crippen LogP contribution in [0.4, 0.5) is 0 Å². The van der Waals surface area contributed by atoms with E-state index in [2.05, 4.69) is 0 Å². The van der Waals surface area contributed by atoms with Crippen LogP contribution in [-0.4, -0.2) is 13.4 Å². The third kappa shape index (κ3) is 1.32. The molecule has 0 atom stereocenters. The van der Waals surface area contributed by atoms with Crippen LogP contribution in [0.2, 0.25) is 0 Å². The Morgan fingerprint density at radius 3 is 2.31 bits per heavy atom. The molecule has 1 aromatic carbocycles. The lowest BCUT2D eigenvalue weighted by molar-refractivity contribution is -0.109. The fourth-order valence-electron chi connectivity index (χ4n) is 1.53. The molecular weight excluding hydrogens is 164 g/mol. The van der Waals surface area contributed by atoms with Gasteiger partial charge >= 0.3 is 0 Å². The van der Waals surface area contributed by atoms with Gasteiger partial charge in [0.15, 0.2) is 0 Å². The second kappa shape index (κ2) is 2.87. The molecule has 13 heavy (non-hydrogen) atoms. The fraction of sp³-hybridized carbons (Fsp3) is 0.364. The second-order valence-electron chi connectivity index (χ2n) is 3.50. The fourth-order valence-corrected chi connectivity index (χ4v) is 1.53. The number of rotatable bonds is 3. The average Bonchev–Trinajstić information content (AvgIpc) is 2.99. The van der Waals surface area contributed by atoms with Gasteiger partial charge < -0.3 is 9.53 Å². The lowest BCUT2D eigenvalue weighted by Crippen LogP contribution is -2.07. The summed E-state index contributed by atoms with van der Waals surface area (Å²) in [6, 6.07) is 7.75. The minimum absolute atomic E-state index is 0.160. The Labute approximate surface area is 77.5 Å². The van der Waals surface area contributed by atoms with Gasteiger partial charge in [-0.1, -0.05) is 12.1 Å². The summed E-state index contributed by atoms with van der Waals surface area (Å²) in [5.74, 6) is 0.838. The van der Waals surface area contributed by atoms with E-state index < -0.39 is 0 Å². The number of aldehydes is 1. The lowest BCUT2D eigenvalue weighted by atomic mass is 9.98. The normalized spacial score (nSPS) is 17.9. The molecule has 0 heterocycles. The smallest absolute Gasteiger partial charge is 0.130 e. The summed E-state index contributed by atoms with van der Waals surface area (Å²) in [5, 5.41) is 0. The molecule has 0 unspecified atom stereocenters. The first-order valence-electron chi connectivity index (χ1n) is 4.42. The molecule has 1 aliphatic carbocycles. The van der Waals surface area contributed by atoms with Crippen LogP contribution in [0.5, 0.6) is 5.75 Å². The van der Waals surface area contributed by atoms with E-state index >= 15 is 0 Å². The second-order valence-corrected chi connectivity index (χ2v) is 3.50. The quantitative estimate of drug-likeness (QED) is 0.658. The van der Waals surface area contributed by atoms with E-state index in [0.29, 0.717) is 0 Å². The van der Waals surface area contributed by atoms with Gasteiger partial charge in [0.1, 0.15) is 12.0 Å². The maximum Gasteiger partial charge on any atom is 0.130 e. The Kier molecular flexibility index (Phi) is 1.83. The van der Waals surface area contributed by atoms with E-state index in [0.717, 1.165) is 30.4 Å². The van der Waals surface area contributed by atoms with Gasteiger partial charge in [-0.15, -0.1) is 0 Å². The number of hydrogen-bond donors (Lipinski definition) is 0. The molecule has 0 aromatic heterocycles. The highest BCUT2D eigenvalue weighted by molar-refractivity contribution is 5.73. The monoisotopic (exact) mass is 176 g/mol. The molecule has 1 saturated carbocycles. The number of ether oxygens (including phenoxy) is 1. The van der Waals surface area contributed by atoms with Gasteiger partial charge in [-0.3, -0.25) is 0 Å². The number of carbonyl (C=O) groups is 1. The molecule has 1 aromatic rings. The Bertz CT molecular complexity index is 309. The minimum atomic E-state index is -0.160. The van der Waals surface area contributed by atoms with Crippen LogP contribution >= 0.6 is 0 Å². The van der Waals surface area contributed by atoms with Crippen molar-refractivity contribution < 1.29 is 9.53 Å². The Morgan fingerprint density at radius 2 is 1.92 bits per heavy atom. The van der Waals surface area contributed by atoms with Gasteiger partial charge in [0.25, 0.3) is 0 Å². The summed E-state index contributed by atoms with van der Waals surface area (Å²) >= 11 is 0. The van der Waals surface area contributed by atoms with Gasteiger partial charge in [0.05, 0.1) is 12.5 Å². The van der Waals surface area contributed by atoms with Gasteiger partial charge in [-0.05, 0) is 30.5 Å². The van der Waals surface area contributed by atoms with E-state index in [1.165, 1.54) is 0 Å².